The topological polar surface area (TPSA) is 6.48 Å². The second-order valence-corrected chi connectivity index (χ2v) is 23.5. The molecule has 0 N–H and O–H groups in total. The zero-order valence-electron chi connectivity index (χ0n) is 39.0. The molecule has 0 bridgehead atoms. The first-order chi connectivity index (χ1) is 29.2. The summed E-state index contributed by atoms with van der Waals surface area (Å²) < 4.78 is 2.18. The molecule has 9 rings (SSSR count). The smallest absolute Gasteiger partial charge is 0.0520 e. The van der Waals surface area contributed by atoms with Gasteiger partial charge in [0.2, 0.25) is 0 Å². The Balaban J connectivity index is 1.27. The number of fused-ring (bicyclic) bond motifs is 3. The van der Waals surface area contributed by atoms with E-state index in [-0.39, 0.29) is 21.7 Å². The minimum atomic E-state index is 0.0526. The second kappa shape index (κ2) is 15.3. The molecule has 6 aromatic carbocycles. The highest BCUT2D eigenvalue weighted by atomic mass is 79.9. The maximum absolute atomic E-state index is 3.74. The Bertz CT molecular complexity index is 2460. The molecular formula is C58H64Br2N2. The van der Waals surface area contributed by atoms with E-state index in [1.165, 1.54) is 104 Å². The summed E-state index contributed by atoms with van der Waals surface area (Å²) in [5.41, 5.74) is 21.6. The predicted octanol–water partition coefficient (Wildman–Crippen LogP) is 18.0. The van der Waals surface area contributed by atoms with Gasteiger partial charge in [0.05, 0.1) is 11.4 Å². The first-order valence-electron chi connectivity index (χ1n) is 22.8. The summed E-state index contributed by atoms with van der Waals surface area (Å²) >= 11 is 7.48. The number of aryl methyl sites for hydroxylation is 4. The minimum absolute atomic E-state index is 0.0526. The number of anilines is 6. The molecule has 0 radical (unpaired) electrons. The van der Waals surface area contributed by atoms with Crippen molar-refractivity contribution in [3.05, 3.63) is 163 Å². The molecule has 3 aliphatic rings. The SMILES string of the molecule is Cc1cc(C(C)(C)C)cc(C)c1N(c1ccc(Br)cc1)c1ccc2c(c1)[C@]13C[C@@H](C)C[C@]1(C[C@@H](C)C3)c1cc(N(c3ccc(Br)cc3)c3c(C)cc(C(C)(C)C)cc3C)ccc1-2. The van der Waals surface area contributed by atoms with Gasteiger partial charge in [-0.15, -0.1) is 0 Å². The highest BCUT2D eigenvalue weighted by Gasteiger charge is 2.65. The maximum Gasteiger partial charge on any atom is 0.0520 e. The fourth-order valence-corrected chi connectivity index (χ4v) is 13.0. The Kier molecular flexibility index (Phi) is 10.6. The van der Waals surface area contributed by atoms with Crippen LogP contribution in [-0.4, -0.2) is 0 Å². The van der Waals surface area contributed by atoms with E-state index in [0.717, 1.165) is 8.95 Å². The number of rotatable bonds is 6. The lowest BCUT2D eigenvalue weighted by atomic mass is 9.55. The van der Waals surface area contributed by atoms with Crippen molar-refractivity contribution >= 4 is 66.0 Å². The quantitative estimate of drug-likeness (QED) is 0.164. The minimum Gasteiger partial charge on any atom is -0.310 e. The van der Waals surface area contributed by atoms with Crippen LogP contribution in [0.5, 0.6) is 0 Å². The molecule has 0 amide bonds. The van der Waals surface area contributed by atoms with Crippen LogP contribution in [-0.2, 0) is 21.7 Å². The van der Waals surface area contributed by atoms with Gasteiger partial charge in [-0.05, 0) is 204 Å². The van der Waals surface area contributed by atoms with Gasteiger partial charge in [-0.3, -0.25) is 0 Å². The third-order valence-electron chi connectivity index (χ3n) is 14.9. The Labute approximate surface area is 389 Å². The Morgan fingerprint density at radius 2 is 0.726 bits per heavy atom. The summed E-state index contributed by atoms with van der Waals surface area (Å²) in [5.74, 6) is 1.25. The van der Waals surface area contributed by atoms with Crippen LogP contribution in [0.25, 0.3) is 11.1 Å². The van der Waals surface area contributed by atoms with Gasteiger partial charge in [-0.1, -0.05) is 124 Å². The lowest BCUT2D eigenvalue weighted by Gasteiger charge is -2.48. The first-order valence-corrected chi connectivity index (χ1v) is 24.4. The monoisotopic (exact) mass is 946 g/mol. The zero-order valence-corrected chi connectivity index (χ0v) is 42.2. The fraction of sp³-hybridized carbons (Fsp3) is 0.379. The van der Waals surface area contributed by atoms with Gasteiger partial charge < -0.3 is 9.80 Å². The van der Waals surface area contributed by atoms with Gasteiger partial charge in [-0.25, -0.2) is 0 Å². The van der Waals surface area contributed by atoms with E-state index < -0.39 is 0 Å². The van der Waals surface area contributed by atoms with Gasteiger partial charge in [0.25, 0.3) is 0 Å². The molecule has 6 aromatic rings. The van der Waals surface area contributed by atoms with Crippen molar-refractivity contribution in [3.8, 4) is 11.1 Å². The fourth-order valence-electron chi connectivity index (χ4n) is 12.5. The first kappa shape index (κ1) is 43.1. The lowest BCUT2D eigenvalue weighted by molar-refractivity contribution is 0.299. The van der Waals surface area contributed by atoms with Crippen LogP contribution in [0.4, 0.5) is 34.1 Å². The van der Waals surface area contributed by atoms with Gasteiger partial charge >= 0.3 is 0 Å². The van der Waals surface area contributed by atoms with Crippen LogP contribution in [0.3, 0.4) is 0 Å². The van der Waals surface area contributed by atoms with E-state index in [4.69, 9.17) is 0 Å². The molecule has 0 aliphatic heterocycles. The second-order valence-electron chi connectivity index (χ2n) is 21.7. The van der Waals surface area contributed by atoms with Crippen molar-refractivity contribution in [1.82, 2.24) is 0 Å². The van der Waals surface area contributed by atoms with Crippen molar-refractivity contribution in [2.75, 3.05) is 9.80 Å². The Morgan fingerprint density at radius 3 is 1.02 bits per heavy atom. The summed E-state index contributed by atoms with van der Waals surface area (Å²) in [7, 11) is 0. The molecular weight excluding hydrogens is 884 g/mol. The summed E-state index contributed by atoms with van der Waals surface area (Å²) in [6, 6.07) is 42.5. The number of hydrogen-bond acceptors (Lipinski definition) is 2. The summed E-state index contributed by atoms with van der Waals surface area (Å²) in [6.07, 6.45) is 4.88. The third-order valence-corrected chi connectivity index (χ3v) is 15.9. The largest absolute Gasteiger partial charge is 0.310 e. The van der Waals surface area contributed by atoms with Gasteiger partial charge in [-0.2, -0.15) is 0 Å². The van der Waals surface area contributed by atoms with Crippen molar-refractivity contribution in [2.24, 2.45) is 11.8 Å². The van der Waals surface area contributed by atoms with Crippen LogP contribution < -0.4 is 9.80 Å². The maximum atomic E-state index is 3.74. The molecule has 62 heavy (non-hydrogen) atoms. The van der Waals surface area contributed by atoms with Crippen LogP contribution in [0.15, 0.2) is 118 Å². The van der Waals surface area contributed by atoms with Crippen molar-refractivity contribution in [3.63, 3.8) is 0 Å². The van der Waals surface area contributed by atoms with E-state index in [0.29, 0.717) is 11.8 Å². The van der Waals surface area contributed by atoms with Gasteiger partial charge in [0.15, 0.2) is 0 Å². The molecule has 0 unspecified atom stereocenters. The average Bonchev–Trinajstić information content (AvgIpc) is 3.65. The number of hydrogen-bond donors (Lipinski definition) is 0. The molecule has 4 heteroatoms. The molecule has 0 heterocycles. The molecule has 0 atom stereocenters. The average molecular weight is 949 g/mol. The van der Waals surface area contributed by atoms with Gasteiger partial charge in [0.1, 0.15) is 0 Å². The van der Waals surface area contributed by atoms with Crippen LogP contribution in [0, 0.1) is 39.5 Å². The van der Waals surface area contributed by atoms with Crippen LogP contribution >= 0.6 is 31.9 Å². The highest BCUT2D eigenvalue weighted by molar-refractivity contribution is 9.10. The van der Waals surface area contributed by atoms with Crippen LogP contribution in [0.2, 0.25) is 0 Å². The molecule has 0 spiro atoms. The molecule has 3 aliphatic carbocycles. The van der Waals surface area contributed by atoms with E-state index >= 15 is 0 Å². The molecule has 2 nitrogen and oxygen atoms in total. The van der Waals surface area contributed by atoms with Crippen LogP contribution in [0.1, 0.15) is 126 Å². The van der Waals surface area contributed by atoms with E-state index in [1.807, 2.05) is 0 Å². The molecule has 2 saturated carbocycles. The summed E-state index contributed by atoms with van der Waals surface area (Å²) in [5, 5.41) is 0. The summed E-state index contributed by atoms with van der Waals surface area (Å²) in [6.45, 7) is 28.2. The van der Waals surface area contributed by atoms with Crippen molar-refractivity contribution < 1.29 is 0 Å². The number of halogens is 2. The van der Waals surface area contributed by atoms with E-state index in [1.54, 1.807) is 11.1 Å². The van der Waals surface area contributed by atoms with E-state index in [9.17, 15) is 0 Å². The third kappa shape index (κ3) is 7.02. The Morgan fingerprint density at radius 1 is 0.435 bits per heavy atom. The standard InChI is InChI=1S/C58H64Br2N2/c1-35-31-57-33-36(2)34-58(57,32-35)52-30-48(62(46-19-15-44(60)16-20-46)54-39(5)27-42(28-40(54)6)56(10,11)12)22-24-50(52)49-23-21-47(29-51(49)57)61(45-17-13-43(59)14-18-45)53-37(3)25-41(26-38(53)4)55(7,8)9/h13-30,35-36H,31-34H2,1-12H3/t35-,36+,57-,58+. The molecule has 320 valence electrons. The lowest BCUT2D eigenvalue weighted by Crippen LogP contribution is -2.43. The van der Waals surface area contributed by atoms with E-state index in [2.05, 4.69) is 234 Å². The number of nitrogens with zero attached hydrogens (tertiary/aromatic N) is 2. The zero-order chi connectivity index (χ0) is 44.3. The van der Waals surface area contributed by atoms with Crippen molar-refractivity contribution in [2.45, 2.75) is 130 Å². The molecule has 0 saturated heterocycles. The predicted molar refractivity (Wildman–Crippen MR) is 273 cm³/mol. The Hall–Kier alpha value is -4.12. The molecule has 2 fully saturated rings. The number of benzene rings is 6. The highest BCUT2D eigenvalue weighted by Crippen LogP contribution is 2.72. The normalized spacial score (nSPS) is 21.6. The van der Waals surface area contributed by atoms with Crippen molar-refractivity contribution in [1.29, 1.82) is 0 Å². The summed E-state index contributed by atoms with van der Waals surface area (Å²) in [4.78, 5) is 5.09. The van der Waals surface area contributed by atoms with Gasteiger partial charge in [0, 0.05) is 42.5 Å². The molecule has 0 aromatic heterocycles.